The predicted octanol–water partition coefficient (Wildman–Crippen LogP) is 6.02. The first-order chi connectivity index (χ1) is 19.9. The van der Waals surface area contributed by atoms with Crippen molar-refractivity contribution in [3.63, 3.8) is 0 Å². The largest absolute Gasteiger partial charge is 0.338 e. The Hall–Kier alpha value is -2.77. The molecule has 222 valence electrons. The van der Waals surface area contributed by atoms with Crippen LogP contribution < -0.4 is 0 Å². The van der Waals surface area contributed by atoms with E-state index < -0.39 is 0 Å². The van der Waals surface area contributed by atoms with Crippen molar-refractivity contribution in [3.8, 4) is 0 Å². The maximum absolute atomic E-state index is 13.5. The molecule has 3 aliphatic heterocycles. The summed E-state index contributed by atoms with van der Waals surface area (Å²) < 4.78 is 2.27. The maximum atomic E-state index is 13.5. The van der Waals surface area contributed by atoms with Gasteiger partial charge in [-0.15, -0.1) is 0 Å². The Bertz CT molecular complexity index is 1200. The van der Waals surface area contributed by atoms with Crippen LogP contribution in [0.4, 0.5) is 0 Å². The Morgan fingerprint density at radius 2 is 1.73 bits per heavy atom. The minimum atomic E-state index is 0.190. The molecule has 4 heterocycles. The number of imidazole rings is 1. The number of allylic oxidation sites excluding steroid dienone is 1. The van der Waals surface area contributed by atoms with E-state index in [0.717, 1.165) is 63.5 Å². The first-order valence-corrected chi connectivity index (χ1v) is 15.9. The van der Waals surface area contributed by atoms with Gasteiger partial charge < -0.3 is 14.4 Å². The minimum absolute atomic E-state index is 0.190. The number of aliphatic imine (C=N–C) groups is 1. The molecule has 7 nitrogen and oxygen atoms in total. The Morgan fingerprint density at radius 3 is 2.39 bits per heavy atom. The van der Waals surface area contributed by atoms with Crippen molar-refractivity contribution >= 4 is 11.6 Å². The van der Waals surface area contributed by atoms with Crippen LogP contribution >= 0.6 is 0 Å². The standard InChI is InChI=1S/C34H50N6O/c1-5-31(6-2)38-18-13-34(14-19-38)15-20-40(26-34)33(41)29-11-9-28(10-12-29)23-37(24-30-8-7-16-35-30)25-32-36-17-21-39(32)22-27(3)4/h7,9-12,16-17,21,27,31H,5-6,8,13-15,18-20,22-26H2,1-4H3. The van der Waals surface area contributed by atoms with Crippen LogP contribution in [-0.4, -0.2) is 74.6 Å². The molecule has 7 heteroatoms. The summed E-state index contributed by atoms with van der Waals surface area (Å²) in [5.74, 6) is 1.85. The number of carbonyl (C=O) groups excluding carboxylic acids is 1. The van der Waals surface area contributed by atoms with Gasteiger partial charge >= 0.3 is 0 Å². The molecule has 0 N–H and O–H groups in total. The Morgan fingerprint density at radius 1 is 1.00 bits per heavy atom. The molecular formula is C34H50N6O. The molecule has 3 aliphatic rings. The number of hydrogen-bond acceptors (Lipinski definition) is 5. The Kier molecular flexibility index (Phi) is 9.76. The van der Waals surface area contributed by atoms with Crippen molar-refractivity contribution < 1.29 is 4.79 Å². The zero-order valence-corrected chi connectivity index (χ0v) is 25.8. The molecule has 0 unspecified atom stereocenters. The molecule has 0 aliphatic carbocycles. The summed E-state index contributed by atoms with van der Waals surface area (Å²) in [5, 5.41) is 0. The second-order valence-corrected chi connectivity index (χ2v) is 13.0. The normalized spacial score (nSPS) is 18.9. The second-order valence-electron chi connectivity index (χ2n) is 13.0. The minimum Gasteiger partial charge on any atom is -0.338 e. The Balaban J connectivity index is 1.19. The summed E-state index contributed by atoms with van der Waals surface area (Å²) in [6, 6.07) is 9.05. The lowest BCUT2D eigenvalue weighted by atomic mass is 9.77. The van der Waals surface area contributed by atoms with Crippen LogP contribution in [-0.2, 0) is 19.6 Å². The van der Waals surface area contributed by atoms with E-state index in [1.54, 1.807) is 0 Å². The first-order valence-electron chi connectivity index (χ1n) is 15.9. The van der Waals surface area contributed by atoms with Crippen LogP contribution in [0.15, 0.2) is 53.9 Å². The van der Waals surface area contributed by atoms with Gasteiger partial charge in [-0.3, -0.25) is 14.7 Å². The number of hydrogen-bond donors (Lipinski definition) is 0. The van der Waals surface area contributed by atoms with Gasteiger partial charge in [0, 0.05) is 75.1 Å². The fraction of sp³-hybridized carbons (Fsp3) is 0.618. The number of carbonyl (C=O) groups is 1. The van der Waals surface area contributed by atoms with Crippen LogP contribution in [0.1, 0.15) is 88.0 Å². The SMILES string of the molecule is CCC(CC)N1CCC2(CCN(C(=O)c3ccc(CN(CC4=NC=CC4)Cc4nccn4CC(C)C)cc3)C2)CC1. The van der Waals surface area contributed by atoms with E-state index in [-0.39, 0.29) is 5.91 Å². The highest BCUT2D eigenvalue weighted by molar-refractivity contribution is 5.94. The van der Waals surface area contributed by atoms with Crippen molar-refractivity contribution in [2.45, 2.75) is 91.9 Å². The number of rotatable bonds is 12. The van der Waals surface area contributed by atoms with E-state index in [0.29, 0.717) is 17.4 Å². The van der Waals surface area contributed by atoms with Gasteiger partial charge in [0.25, 0.3) is 5.91 Å². The van der Waals surface area contributed by atoms with Gasteiger partial charge in [-0.05, 0) is 74.2 Å². The predicted molar refractivity (Wildman–Crippen MR) is 167 cm³/mol. The topological polar surface area (TPSA) is 57.0 Å². The van der Waals surface area contributed by atoms with Crippen LogP contribution in [0.5, 0.6) is 0 Å². The molecular weight excluding hydrogens is 508 g/mol. The van der Waals surface area contributed by atoms with Gasteiger partial charge in [0.2, 0.25) is 0 Å². The maximum Gasteiger partial charge on any atom is 0.253 e. The number of nitrogens with zero attached hydrogens (tertiary/aromatic N) is 6. The number of likely N-dealkylation sites (tertiary alicyclic amines) is 2. The number of benzene rings is 1. The van der Waals surface area contributed by atoms with Crippen LogP contribution in [0.25, 0.3) is 0 Å². The van der Waals surface area contributed by atoms with Gasteiger partial charge in [0.05, 0.1) is 6.54 Å². The highest BCUT2D eigenvalue weighted by Gasteiger charge is 2.42. The number of piperidine rings is 1. The van der Waals surface area contributed by atoms with E-state index >= 15 is 0 Å². The first kappa shape index (κ1) is 29.7. The van der Waals surface area contributed by atoms with Crippen LogP contribution in [0.2, 0.25) is 0 Å². The van der Waals surface area contributed by atoms with Crippen molar-refractivity contribution in [2.75, 3.05) is 32.7 Å². The van der Waals surface area contributed by atoms with E-state index in [1.165, 1.54) is 50.0 Å². The molecule has 0 bridgehead atoms. The zero-order valence-electron chi connectivity index (χ0n) is 25.8. The summed E-state index contributed by atoms with van der Waals surface area (Å²) in [4.78, 5) is 30.0. The molecule has 1 amide bonds. The van der Waals surface area contributed by atoms with E-state index in [9.17, 15) is 4.79 Å². The molecule has 2 fully saturated rings. The van der Waals surface area contributed by atoms with Crippen LogP contribution in [0, 0.1) is 11.3 Å². The molecule has 0 radical (unpaired) electrons. The molecule has 1 aromatic carbocycles. The van der Waals surface area contributed by atoms with E-state index in [2.05, 4.69) is 81.3 Å². The summed E-state index contributed by atoms with van der Waals surface area (Å²) in [6.07, 6.45) is 15.0. The Labute approximate surface area is 247 Å². The third-order valence-corrected chi connectivity index (χ3v) is 9.50. The van der Waals surface area contributed by atoms with E-state index in [1.807, 2.05) is 24.5 Å². The van der Waals surface area contributed by atoms with Crippen molar-refractivity contribution in [3.05, 3.63) is 65.9 Å². The smallest absolute Gasteiger partial charge is 0.253 e. The average Bonchev–Trinajstić information content (AvgIpc) is 3.73. The van der Waals surface area contributed by atoms with Crippen molar-refractivity contribution in [1.29, 1.82) is 0 Å². The molecule has 1 spiro atoms. The number of amides is 1. The quantitative estimate of drug-likeness (QED) is 0.320. The molecule has 2 saturated heterocycles. The lowest BCUT2D eigenvalue weighted by Gasteiger charge is -2.42. The summed E-state index contributed by atoms with van der Waals surface area (Å²) in [7, 11) is 0. The lowest BCUT2D eigenvalue weighted by Crippen LogP contribution is -2.46. The molecule has 1 aromatic heterocycles. The highest BCUT2D eigenvalue weighted by atomic mass is 16.2. The summed E-state index contributed by atoms with van der Waals surface area (Å²) in [5.41, 5.74) is 3.52. The monoisotopic (exact) mass is 558 g/mol. The van der Waals surface area contributed by atoms with Gasteiger partial charge in [0.1, 0.15) is 5.82 Å². The van der Waals surface area contributed by atoms with Gasteiger partial charge in [-0.1, -0.05) is 45.9 Å². The number of aromatic nitrogens is 2. The van der Waals surface area contributed by atoms with Gasteiger partial charge in [-0.25, -0.2) is 4.98 Å². The van der Waals surface area contributed by atoms with Gasteiger partial charge in [0.15, 0.2) is 0 Å². The van der Waals surface area contributed by atoms with Crippen LogP contribution in [0.3, 0.4) is 0 Å². The average molecular weight is 559 g/mol. The molecule has 2 aromatic rings. The zero-order chi connectivity index (χ0) is 28.8. The molecule has 5 rings (SSSR count). The lowest BCUT2D eigenvalue weighted by molar-refractivity contribution is 0.0629. The summed E-state index contributed by atoms with van der Waals surface area (Å²) in [6.45, 7) is 16.6. The third kappa shape index (κ3) is 7.36. The fourth-order valence-corrected chi connectivity index (χ4v) is 7.06. The second kappa shape index (κ2) is 13.5. The third-order valence-electron chi connectivity index (χ3n) is 9.50. The van der Waals surface area contributed by atoms with Crippen molar-refractivity contribution in [1.82, 2.24) is 24.3 Å². The molecule has 0 saturated carbocycles. The van der Waals surface area contributed by atoms with Gasteiger partial charge in [-0.2, -0.15) is 0 Å². The van der Waals surface area contributed by atoms with Crippen molar-refractivity contribution in [2.24, 2.45) is 16.3 Å². The molecule has 41 heavy (non-hydrogen) atoms. The molecule has 0 atom stereocenters. The highest BCUT2D eigenvalue weighted by Crippen LogP contribution is 2.41. The summed E-state index contributed by atoms with van der Waals surface area (Å²) >= 11 is 0. The fourth-order valence-electron chi connectivity index (χ4n) is 7.06. The van der Waals surface area contributed by atoms with E-state index in [4.69, 9.17) is 0 Å².